The molecule has 0 aliphatic rings. The Bertz CT molecular complexity index is 802. The third-order valence-electron chi connectivity index (χ3n) is 2.67. The third-order valence-corrected chi connectivity index (χ3v) is 3.68. The number of fused-ring (bicyclic) bond motifs is 1. The highest BCUT2D eigenvalue weighted by atomic mass is 35.5. The first kappa shape index (κ1) is 13.0. The molecule has 1 amide bonds. The van der Waals surface area contributed by atoms with Crippen LogP contribution in [-0.4, -0.2) is 20.2 Å². The number of hydrogen-bond donors (Lipinski definition) is 1. The van der Waals surface area contributed by atoms with Crippen molar-refractivity contribution in [2.24, 2.45) is 0 Å². The second-order valence-corrected chi connectivity index (χ2v) is 5.23. The molecule has 0 aliphatic heterocycles. The number of carbonyl (C=O) groups is 1. The summed E-state index contributed by atoms with van der Waals surface area (Å²) in [5.74, 6) is 0.267. The largest absolute Gasteiger partial charge is 0.295 e. The topological polar surface area (TPSA) is 67.8 Å². The Labute approximate surface area is 123 Å². The summed E-state index contributed by atoms with van der Waals surface area (Å²) in [6.45, 7) is 1.76. The van der Waals surface area contributed by atoms with Crippen LogP contribution < -0.4 is 5.32 Å². The van der Waals surface area contributed by atoms with E-state index in [1.807, 2.05) is 24.3 Å². The van der Waals surface area contributed by atoms with Crippen LogP contribution in [0.2, 0.25) is 5.15 Å². The van der Waals surface area contributed by atoms with E-state index >= 15 is 0 Å². The molecule has 20 heavy (non-hydrogen) atoms. The van der Waals surface area contributed by atoms with Gasteiger partial charge in [-0.1, -0.05) is 35.9 Å². The lowest BCUT2D eigenvalue weighted by molar-refractivity contribution is 0.102. The number of rotatable bonds is 2. The Morgan fingerprint density at radius 1 is 1.30 bits per heavy atom. The first-order chi connectivity index (χ1) is 9.63. The van der Waals surface area contributed by atoms with E-state index in [1.54, 1.807) is 13.0 Å². The van der Waals surface area contributed by atoms with Crippen LogP contribution in [0.5, 0.6) is 0 Å². The molecule has 0 atom stereocenters. The first-order valence-corrected chi connectivity index (χ1v) is 6.95. The van der Waals surface area contributed by atoms with Crippen LogP contribution in [0, 0.1) is 6.92 Å². The molecule has 7 heteroatoms. The molecular formula is C13H9ClN4OS. The average Bonchev–Trinajstić information content (AvgIpc) is 2.84. The molecule has 100 valence electrons. The quantitative estimate of drug-likeness (QED) is 0.738. The van der Waals surface area contributed by atoms with Crippen LogP contribution in [-0.2, 0) is 0 Å². The van der Waals surface area contributed by atoms with E-state index in [4.69, 9.17) is 11.6 Å². The summed E-state index contributed by atoms with van der Waals surface area (Å²) >= 11 is 7.22. The second kappa shape index (κ2) is 5.15. The van der Waals surface area contributed by atoms with Crippen molar-refractivity contribution in [3.05, 3.63) is 47.0 Å². The average molecular weight is 305 g/mol. The Morgan fingerprint density at radius 2 is 2.10 bits per heavy atom. The number of anilines is 1. The molecule has 0 saturated heterocycles. The summed E-state index contributed by atoms with van der Waals surface area (Å²) in [6, 6.07) is 9.20. The Balaban J connectivity index is 1.95. The maximum atomic E-state index is 12.1. The molecule has 2 aromatic heterocycles. The highest BCUT2D eigenvalue weighted by Crippen LogP contribution is 2.22. The number of aromatic nitrogens is 3. The van der Waals surface area contributed by atoms with Gasteiger partial charge < -0.3 is 0 Å². The van der Waals surface area contributed by atoms with E-state index in [0.717, 1.165) is 22.3 Å². The zero-order chi connectivity index (χ0) is 14.1. The van der Waals surface area contributed by atoms with Gasteiger partial charge in [0, 0.05) is 16.9 Å². The van der Waals surface area contributed by atoms with Gasteiger partial charge in [0.1, 0.15) is 16.7 Å². The molecule has 0 radical (unpaired) electrons. The van der Waals surface area contributed by atoms with Crippen molar-refractivity contribution in [2.75, 3.05) is 5.32 Å². The zero-order valence-corrected chi connectivity index (χ0v) is 12.0. The summed E-state index contributed by atoms with van der Waals surface area (Å²) in [5.41, 5.74) is 0.251. The molecule has 2 heterocycles. The lowest BCUT2D eigenvalue weighted by atomic mass is 10.1. The van der Waals surface area contributed by atoms with E-state index in [2.05, 4.69) is 19.7 Å². The summed E-state index contributed by atoms with van der Waals surface area (Å²) < 4.78 is 4.00. The van der Waals surface area contributed by atoms with Crippen LogP contribution in [0.1, 0.15) is 16.3 Å². The van der Waals surface area contributed by atoms with Gasteiger partial charge in [-0.3, -0.25) is 10.1 Å². The summed E-state index contributed by atoms with van der Waals surface area (Å²) in [7, 11) is 0. The van der Waals surface area contributed by atoms with Gasteiger partial charge in [0.15, 0.2) is 0 Å². The maximum Gasteiger partial charge on any atom is 0.276 e. The van der Waals surface area contributed by atoms with Gasteiger partial charge >= 0.3 is 0 Å². The van der Waals surface area contributed by atoms with Crippen LogP contribution in [0.25, 0.3) is 10.8 Å². The summed E-state index contributed by atoms with van der Waals surface area (Å²) in [6.07, 6.45) is 0. The van der Waals surface area contributed by atoms with Crippen molar-refractivity contribution >= 4 is 44.9 Å². The number of aryl methyl sites for hydroxylation is 1. The highest BCUT2D eigenvalue weighted by Gasteiger charge is 2.13. The SMILES string of the molecule is Cc1nsc(NC(=O)c2cc3ccccc3c(Cl)n2)n1. The van der Waals surface area contributed by atoms with E-state index in [-0.39, 0.29) is 11.6 Å². The van der Waals surface area contributed by atoms with Gasteiger partial charge in [-0.05, 0) is 18.4 Å². The summed E-state index contributed by atoms with van der Waals surface area (Å²) in [5, 5.41) is 5.09. The van der Waals surface area contributed by atoms with Gasteiger partial charge in [0.05, 0.1) is 0 Å². The molecule has 0 bridgehead atoms. The second-order valence-electron chi connectivity index (χ2n) is 4.12. The first-order valence-electron chi connectivity index (χ1n) is 5.80. The van der Waals surface area contributed by atoms with Gasteiger partial charge in [-0.25, -0.2) is 9.97 Å². The lowest BCUT2D eigenvalue weighted by Crippen LogP contribution is -2.13. The van der Waals surface area contributed by atoms with Gasteiger partial charge in [0.2, 0.25) is 5.13 Å². The normalized spacial score (nSPS) is 10.7. The number of benzene rings is 1. The number of carbonyl (C=O) groups excluding carboxylic acids is 1. The van der Waals surface area contributed by atoms with Crippen LogP contribution in [0.4, 0.5) is 5.13 Å². The van der Waals surface area contributed by atoms with Crippen LogP contribution in [0.3, 0.4) is 0 Å². The van der Waals surface area contributed by atoms with Gasteiger partial charge in [-0.15, -0.1) is 0 Å². The van der Waals surface area contributed by atoms with E-state index < -0.39 is 0 Å². The third kappa shape index (κ3) is 2.48. The minimum atomic E-state index is -0.353. The smallest absolute Gasteiger partial charge is 0.276 e. The molecule has 0 fully saturated rings. The lowest BCUT2D eigenvalue weighted by Gasteiger charge is -2.04. The van der Waals surface area contributed by atoms with E-state index in [9.17, 15) is 4.79 Å². The number of hydrogen-bond acceptors (Lipinski definition) is 5. The Morgan fingerprint density at radius 3 is 2.85 bits per heavy atom. The monoisotopic (exact) mass is 304 g/mol. The molecule has 0 saturated carbocycles. The van der Waals surface area contributed by atoms with Crippen molar-refractivity contribution < 1.29 is 4.79 Å². The predicted octanol–water partition coefficient (Wildman–Crippen LogP) is 3.30. The number of amides is 1. The number of nitrogens with zero attached hydrogens (tertiary/aromatic N) is 3. The van der Waals surface area contributed by atoms with Crippen molar-refractivity contribution in [3.63, 3.8) is 0 Å². The number of halogens is 1. The van der Waals surface area contributed by atoms with Crippen molar-refractivity contribution in [2.45, 2.75) is 6.92 Å². The number of pyridine rings is 1. The fourth-order valence-corrected chi connectivity index (χ4v) is 2.62. The minimum absolute atomic E-state index is 0.251. The highest BCUT2D eigenvalue weighted by molar-refractivity contribution is 7.09. The van der Waals surface area contributed by atoms with Crippen molar-refractivity contribution in [1.29, 1.82) is 0 Å². The molecule has 1 N–H and O–H groups in total. The number of nitrogens with one attached hydrogen (secondary N) is 1. The van der Waals surface area contributed by atoms with Gasteiger partial charge in [-0.2, -0.15) is 4.37 Å². The van der Waals surface area contributed by atoms with Crippen molar-refractivity contribution in [3.8, 4) is 0 Å². The Kier molecular flexibility index (Phi) is 3.33. The van der Waals surface area contributed by atoms with Gasteiger partial charge in [0.25, 0.3) is 5.91 Å². The summed E-state index contributed by atoms with van der Waals surface area (Å²) in [4.78, 5) is 20.3. The molecule has 3 aromatic rings. The molecule has 0 aliphatic carbocycles. The fraction of sp³-hybridized carbons (Fsp3) is 0.0769. The predicted molar refractivity (Wildman–Crippen MR) is 79.4 cm³/mol. The Hall–Kier alpha value is -2.05. The minimum Gasteiger partial charge on any atom is -0.295 e. The molecular weight excluding hydrogens is 296 g/mol. The molecule has 1 aromatic carbocycles. The molecule has 5 nitrogen and oxygen atoms in total. The van der Waals surface area contributed by atoms with Crippen LogP contribution in [0.15, 0.2) is 30.3 Å². The van der Waals surface area contributed by atoms with Crippen LogP contribution >= 0.6 is 23.1 Å². The fourth-order valence-electron chi connectivity index (χ4n) is 1.78. The molecule has 3 rings (SSSR count). The molecule has 0 unspecified atom stereocenters. The van der Waals surface area contributed by atoms with E-state index in [0.29, 0.717) is 16.1 Å². The maximum absolute atomic E-state index is 12.1. The zero-order valence-electron chi connectivity index (χ0n) is 10.4. The standard InChI is InChI=1S/C13H9ClN4OS/c1-7-15-13(20-18-7)17-12(19)10-6-8-4-2-3-5-9(8)11(14)16-10/h2-6H,1H3,(H,15,17,18,19). The van der Waals surface area contributed by atoms with Crippen molar-refractivity contribution in [1.82, 2.24) is 14.3 Å². The van der Waals surface area contributed by atoms with E-state index in [1.165, 1.54) is 0 Å². The molecule has 0 spiro atoms.